The quantitative estimate of drug-likeness (QED) is 0.613. The zero-order valence-corrected chi connectivity index (χ0v) is 7.23. The van der Waals surface area contributed by atoms with E-state index in [-0.39, 0.29) is 0 Å². The molecule has 0 bridgehead atoms. The van der Waals surface area contributed by atoms with Crippen LogP contribution in [0.2, 0.25) is 0 Å². The van der Waals surface area contributed by atoms with E-state index in [0.29, 0.717) is 11.3 Å². The summed E-state index contributed by atoms with van der Waals surface area (Å²) in [5.74, 6) is 0.833. The molecule has 2 heteroatoms. The van der Waals surface area contributed by atoms with Crippen LogP contribution < -0.4 is 0 Å². The van der Waals surface area contributed by atoms with Gasteiger partial charge < -0.3 is 4.42 Å². The first-order valence-corrected chi connectivity index (χ1v) is 3.73. The molecule has 0 spiro atoms. The Labute approximate surface area is 71.2 Å². The number of hydrogen-bond donors (Lipinski definition) is 0. The Kier molecular flexibility index (Phi) is 2.48. The summed E-state index contributed by atoms with van der Waals surface area (Å²) in [5, 5.41) is 0. The van der Waals surface area contributed by atoms with Gasteiger partial charge in [-0.25, -0.2) is 4.39 Å². The smallest absolute Gasteiger partial charge is 0.136 e. The van der Waals surface area contributed by atoms with Gasteiger partial charge >= 0.3 is 0 Å². The van der Waals surface area contributed by atoms with Crippen LogP contribution in [0.15, 0.2) is 35.0 Å². The first-order valence-electron chi connectivity index (χ1n) is 3.73. The summed E-state index contributed by atoms with van der Waals surface area (Å²) in [6.07, 6.45) is 1.64. The van der Waals surface area contributed by atoms with E-state index in [1.54, 1.807) is 25.1 Å². The molecule has 0 amide bonds. The molecule has 0 saturated heterocycles. The average molecular weight is 166 g/mol. The third-order valence-corrected chi connectivity index (χ3v) is 1.59. The Hall–Kier alpha value is -1.31. The molecule has 1 rings (SSSR count). The lowest BCUT2D eigenvalue weighted by Crippen LogP contribution is -1.79. The summed E-state index contributed by atoms with van der Waals surface area (Å²) in [5.41, 5.74) is 0.420. The maximum absolute atomic E-state index is 12.7. The summed E-state index contributed by atoms with van der Waals surface area (Å²) in [6.45, 7) is 6.78. The van der Waals surface area contributed by atoms with Crippen molar-refractivity contribution in [3.05, 3.63) is 42.1 Å². The molecular formula is C10H11FO. The third kappa shape index (κ3) is 1.64. The van der Waals surface area contributed by atoms with Crippen molar-refractivity contribution in [2.24, 2.45) is 0 Å². The lowest BCUT2D eigenvalue weighted by atomic mass is 10.2. The molecular weight excluding hydrogens is 155 g/mol. The maximum Gasteiger partial charge on any atom is 0.136 e. The fraction of sp³-hybridized carbons (Fsp3) is 0.200. The molecule has 0 saturated carbocycles. The molecule has 0 radical (unpaired) electrons. The summed E-state index contributed by atoms with van der Waals surface area (Å²) in [4.78, 5) is 0. The number of allylic oxidation sites excluding steroid dienone is 3. The average Bonchev–Trinajstić information content (AvgIpc) is 2.37. The molecule has 0 atom stereocenters. The van der Waals surface area contributed by atoms with Gasteiger partial charge in [0.1, 0.15) is 17.3 Å². The van der Waals surface area contributed by atoms with Crippen LogP contribution in [0.4, 0.5) is 4.39 Å². The van der Waals surface area contributed by atoms with Gasteiger partial charge in [0.2, 0.25) is 0 Å². The van der Waals surface area contributed by atoms with Crippen molar-refractivity contribution in [3.8, 4) is 0 Å². The van der Waals surface area contributed by atoms with Gasteiger partial charge in [-0.2, -0.15) is 0 Å². The highest BCUT2D eigenvalue weighted by atomic mass is 19.1. The molecule has 0 N–H and O–H groups in total. The molecule has 12 heavy (non-hydrogen) atoms. The normalized spacial score (nSPS) is 11.8. The predicted octanol–water partition coefficient (Wildman–Crippen LogP) is 3.47. The maximum atomic E-state index is 12.7. The van der Waals surface area contributed by atoms with E-state index in [4.69, 9.17) is 4.42 Å². The number of halogens is 1. The fourth-order valence-electron chi connectivity index (χ4n) is 1.01. The van der Waals surface area contributed by atoms with Crippen molar-refractivity contribution in [2.75, 3.05) is 0 Å². The van der Waals surface area contributed by atoms with Gasteiger partial charge in [0.25, 0.3) is 0 Å². The largest absolute Gasteiger partial charge is 0.461 e. The van der Waals surface area contributed by atoms with Crippen LogP contribution >= 0.6 is 0 Å². The molecule has 0 aliphatic rings. The summed E-state index contributed by atoms with van der Waals surface area (Å²) in [7, 11) is 0. The van der Waals surface area contributed by atoms with Crippen molar-refractivity contribution >= 4 is 5.57 Å². The lowest BCUT2D eigenvalue weighted by Gasteiger charge is -1.97. The van der Waals surface area contributed by atoms with Crippen LogP contribution in [0.5, 0.6) is 0 Å². The minimum Gasteiger partial charge on any atom is -0.461 e. The van der Waals surface area contributed by atoms with E-state index in [1.807, 2.05) is 6.92 Å². The van der Waals surface area contributed by atoms with Crippen LogP contribution in [-0.2, 0) is 0 Å². The highest BCUT2D eigenvalue weighted by Gasteiger charge is 2.07. The van der Waals surface area contributed by atoms with E-state index in [9.17, 15) is 4.39 Å². The Bertz CT molecular complexity index is 320. The standard InChI is InChI=1S/C10H11FO/c1-4-9(8(3)11)10-6-5-7(2)12-10/h4-6H,3H2,1-2H3/b9-4+. The molecule has 64 valence electrons. The van der Waals surface area contributed by atoms with E-state index < -0.39 is 5.83 Å². The molecule has 0 aliphatic carbocycles. The third-order valence-electron chi connectivity index (χ3n) is 1.59. The number of furan rings is 1. The molecule has 0 fully saturated rings. The van der Waals surface area contributed by atoms with E-state index in [1.165, 1.54) is 0 Å². The number of aryl methyl sites for hydroxylation is 1. The first kappa shape index (κ1) is 8.78. The van der Waals surface area contributed by atoms with Crippen LogP contribution in [0.25, 0.3) is 5.57 Å². The zero-order chi connectivity index (χ0) is 9.14. The Morgan fingerprint density at radius 3 is 2.58 bits per heavy atom. The van der Waals surface area contributed by atoms with Crippen molar-refractivity contribution in [1.29, 1.82) is 0 Å². The minimum absolute atomic E-state index is 0.420. The molecule has 0 aliphatic heterocycles. The minimum atomic E-state index is -0.466. The van der Waals surface area contributed by atoms with Crippen LogP contribution in [0.1, 0.15) is 18.4 Å². The first-order chi connectivity index (χ1) is 5.65. The molecule has 1 aromatic heterocycles. The van der Waals surface area contributed by atoms with Crippen LogP contribution in [0.3, 0.4) is 0 Å². The lowest BCUT2D eigenvalue weighted by molar-refractivity contribution is 0.517. The van der Waals surface area contributed by atoms with Gasteiger partial charge in [-0.3, -0.25) is 0 Å². The summed E-state index contributed by atoms with van der Waals surface area (Å²) >= 11 is 0. The second kappa shape index (κ2) is 3.39. The van der Waals surface area contributed by atoms with E-state index in [2.05, 4.69) is 6.58 Å². The second-order valence-corrected chi connectivity index (χ2v) is 2.52. The molecule has 0 unspecified atom stereocenters. The Balaban J connectivity index is 3.04. The molecule has 1 heterocycles. The van der Waals surface area contributed by atoms with E-state index in [0.717, 1.165) is 5.76 Å². The highest BCUT2D eigenvalue weighted by molar-refractivity contribution is 5.72. The van der Waals surface area contributed by atoms with E-state index >= 15 is 0 Å². The van der Waals surface area contributed by atoms with Gasteiger partial charge in [0.05, 0.1) is 0 Å². The number of hydrogen-bond acceptors (Lipinski definition) is 1. The van der Waals surface area contributed by atoms with Crippen molar-refractivity contribution in [3.63, 3.8) is 0 Å². The molecule has 0 aromatic carbocycles. The van der Waals surface area contributed by atoms with Gasteiger partial charge in [-0.15, -0.1) is 0 Å². The van der Waals surface area contributed by atoms with Gasteiger partial charge in [0.15, 0.2) is 0 Å². The topological polar surface area (TPSA) is 13.1 Å². The predicted molar refractivity (Wildman–Crippen MR) is 47.3 cm³/mol. The Morgan fingerprint density at radius 2 is 2.25 bits per heavy atom. The van der Waals surface area contributed by atoms with Crippen molar-refractivity contribution in [1.82, 2.24) is 0 Å². The zero-order valence-electron chi connectivity index (χ0n) is 7.23. The monoisotopic (exact) mass is 166 g/mol. The van der Waals surface area contributed by atoms with Crippen molar-refractivity contribution < 1.29 is 8.81 Å². The van der Waals surface area contributed by atoms with Crippen molar-refractivity contribution in [2.45, 2.75) is 13.8 Å². The molecule has 1 aromatic rings. The summed E-state index contributed by atoms with van der Waals surface area (Å²) in [6, 6.07) is 3.53. The SMILES string of the molecule is C=C(F)/C(=C\C)c1ccc(C)o1. The fourth-order valence-corrected chi connectivity index (χ4v) is 1.01. The number of rotatable bonds is 2. The molecule has 1 nitrogen and oxygen atoms in total. The highest BCUT2D eigenvalue weighted by Crippen LogP contribution is 2.24. The summed E-state index contributed by atoms with van der Waals surface area (Å²) < 4.78 is 18.0. The van der Waals surface area contributed by atoms with Crippen LogP contribution in [-0.4, -0.2) is 0 Å². The van der Waals surface area contributed by atoms with Gasteiger partial charge in [-0.1, -0.05) is 12.7 Å². The second-order valence-electron chi connectivity index (χ2n) is 2.52. The van der Waals surface area contributed by atoms with Gasteiger partial charge in [-0.05, 0) is 26.0 Å². The Morgan fingerprint density at radius 1 is 1.58 bits per heavy atom. The van der Waals surface area contributed by atoms with Gasteiger partial charge in [0, 0.05) is 5.57 Å². The van der Waals surface area contributed by atoms with Crippen LogP contribution in [0, 0.1) is 6.92 Å².